The van der Waals surface area contributed by atoms with Crippen LogP contribution < -0.4 is 5.32 Å². The molecule has 3 nitrogen and oxygen atoms in total. The number of carbonyl (C=O) groups excluding carboxylic acids is 2. The Labute approximate surface area is 110 Å². The van der Waals surface area contributed by atoms with Gasteiger partial charge in [-0.15, -0.1) is 0 Å². The molecule has 2 rings (SSSR count). The van der Waals surface area contributed by atoms with Crippen LogP contribution in [0.3, 0.4) is 0 Å². The predicted molar refractivity (Wildman–Crippen MR) is 70.8 cm³/mol. The van der Waals surface area contributed by atoms with Crippen molar-refractivity contribution in [3.63, 3.8) is 0 Å². The molecule has 0 unspecified atom stereocenters. The summed E-state index contributed by atoms with van der Waals surface area (Å²) in [4.78, 5) is 23.4. The molecule has 1 amide bonds. The van der Waals surface area contributed by atoms with Gasteiger partial charge in [-0.25, -0.2) is 4.39 Å². The molecule has 0 atom stereocenters. The number of amides is 1. The average molecular weight is 257 g/mol. The van der Waals surface area contributed by atoms with Gasteiger partial charge in [0.1, 0.15) is 5.82 Å². The molecule has 96 valence electrons. The second-order valence-electron chi connectivity index (χ2n) is 4.07. The maximum Gasteiger partial charge on any atom is 0.255 e. The molecule has 1 N–H and O–H groups in total. The minimum Gasteiger partial charge on any atom is -0.321 e. The predicted octanol–water partition coefficient (Wildman–Crippen LogP) is 3.28. The number of nitrogens with one attached hydrogen (secondary N) is 1. The van der Waals surface area contributed by atoms with Crippen molar-refractivity contribution >= 4 is 17.4 Å². The molecule has 0 aromatic heterocycles. The van der Waals surface area contributed by atoms with Crippen LogP contribution in [-0.4, -0.2) is 11.7 Å². The number of hydrogen-bond acceptors (Lipinski definition) is 2. The summed E-state index contributed by atoms with van der Waals surface area (Å²) in [5.74, 6) is -1.12. The summed E-state index contributed by atoms with van der Waals surface area (Å²) in [6, 6.07) is 12.2. The van der Waals surface area contributed by atoms with Crippen molar-refractivity contribution < 1.29 is 14.0 Å². The Hall–Kier alpha value is -2.49. The summed E-state index contributed by atoms with van der Waals surface area (Å²) in [6.45, 7) is 1.37. The second-order valence-corrected chi connectivity index (χ2v) is 4.07. The number of carbonyl (C=O) groups is 2. The van der Waals surface area contributed by atoms with Gasteiger partial charge in [0, 0.05) is 11.1 Å². The van der Waals surface area contributed by atoms with Crippen LogP contribution in [0.15, 0.2) is 48.5 Å². The van der Waals surface area contributed by atoms with Crippen LogP contribution in [0.1, 0.15) is 27.6 Å². The maximum atomic E-state index is 13.2. The molecule has 0 bridgehead atoms. The van der Waals surface area contributed by atoms with Crippen molar-refractivity contribution in [3.05, 3.63) is 65.5 Å². The molecule has 0 aliphatic carbocycles. The third kappa shape index (κ3) is 3.04. The summed E-state index contributed by atoms with van der Waals surface area (Å²) < 4.78 is 13.2. The van der Waals surface area contributed by atoms with Crippen LogP contribution in [0.2, 0.25) is 0 Å². The van der Waals surface area contributed by atoms with E-state index in [4.69, 9.17) is 0 Å². The van der Waals surface area contributed by atoms with Crippen molar-refractivity contribution in [1.82, 2.24) is 0 Å². The summed E-state index contributed by atoms with van der Waals surface area (Å²) in [7, 11) is 0. The fourth-order valence-electron chi connectivity index (χ4n) is 1.71. The number of benzene rings is 2. The van der Waals surface area contributed by atoms with Crippen molar-refractivity contribution in [2.45, 2.75) is 6.92 Å². The summed E-state index contributed by atoms with van der Waals surface area (Å²) in [5.41, 5.74) is 0.910. The first-order valence-corrected chi connectivity index (χ1v) is 5.75. The van der Waals surface area contributed by atoms with E-state index in [1.54, 1.807) is 30.3 Å². The summed E-state index contributed by atoms with van der Waals surface area (Å²) >= 11 is 0. The van der Waals surface area contributed by atoms with Gasteiger partial charge in [-0.05, 0) is 37.3 Å². The van der Waals surface area contributed by atoms with E-state index < -0.39 is 5.82 Å². The summed E-state index contributed by atoms with van der Waals surface area (Å²) in [6.07, 6.45) is 0. The lowest BCUT2D eigenvalue weighted by atomic mass is 10.1. The van der Waals surface area contributed by atoms with Crippen molar-refractivity contribution in [1.29, 1.82) is 0 Å². The van der Waals surface area contributed by atoms with Crippen LogP contribution in [0.4, 0.5) is 10.1 Å². The fourth-order valence-corrected chi connectivity index (χ4v) is 1.71. The van der Waals surface area contributed by atoms with Crippen LogP contribution in [0.5, 0.6) is 0 Å². The van der Waals surface area contributed by atoms with Crippen LogP contribution in [0.25, 0.3) is 0 Å². The number of ketones is 1. The van der Waals surface area contributed by atoms with Gasteiger partial charge >= 0.3 is 0 Å². The van der Waals surface area contributed by atoms with E-state index in [2.05, 4.69) is 5.32 Å². The lowest BCUT2D eigenvalue weighted by molar-refractivity contribution is 0.101. The van der Waals surface area contributed by atoms with Gasteiger partial charge in [-0.2, -0.15) is 0 Å². The Morgan fingerprint density at radius 3 is 2.37 bits per heavy atom. The largest absolute Gasteiger partial charge is 0.321 e. The number of anilines is 1. The third-order valence-electron chi connectivity index (χ3n) is 2.65. The van der Waals surface area contributed by atoms with E-state index in [9.17, 15) is 14.0 Å². The standard InChI is InChI=1S/C15H12FNO2/c1-10(18)13-8-7-12(16)9-14(13)17-15(19)11-5-3-2-4-6-11/h2-9H,1H3,(H,17,19). The van der Waals surface area contributed by atoms with Crippen LogP contribution in [-0.2, 0) is 0 Å². The molecule has 0 saturated carbocycles. The van der Waals surface area contributed by atoms with Gasteiger partial charge in [0.2, 0.25) is 0 Å². The first-order valence-electron chi connectivity index (χ1n) is 5.75. The molecule has 0 fully saturated rings. The molecule has 0 aliphatic heterocycles. The quantitative estimate of drug-likeness (QED) is 0.858. The molecular formula is C15H12FNO2. The highest BCUT2D eigenvalue weighted by atomic mass is 19.1. The minimum absolute atomic E-state index is 0.182. The van der Waals surface area contributed by atoms with Crippen LogP contribution >= 0.6 is 0 Å². The SMILES string of the molecule is CC(=O)c1ccc(F)cc1NC(=O)c1ccccc1. The van der Waals surface area contributed by atoms with E-state index in [1.807, 2.05) is 0 Å². The first-order chi connectivity index (χ1) is 9.08. The van der Waals surface area contributed by atoms with Crippen molar-refractivity contribution in [2.75, 3.05) is 5.32 Å². The van der Waals surface area contributed by atoms with Gasteiger partial charge in [-0.1, -0.05) is 18.2 Å². The molecule has 19 heavy (non-hydrogen) atoms. The highest BCUT2D eigenvalue weighted by molar-refractivity contribution is 6.08. The molecule has 2 aromatic rings. The Morgan fingerprint density at radius 2 is 1.74 bits per heavy atom. The van der Waals surface area contributed by atoms with E-state index in [-0.39, 0.29) is 22.9 Å². The highest BCUT2D eigenvalue weighted by Crippen LogP contribution is 2.18. The third-order valence-corrected chi connectivity index (χ3v) is 2.65. The van der Waals surface area contributed by atoms with E-state index >= 15 is 0 Å². The van der Waals surface area contributed by atoms with E-state index in [0.717, 1.165) is 6.07 Å². The number of rotatable bonds is 3. The molecule has 2 aromatic carbocycles. The van der Waals surface area contributed by atoms with Gasteiger partial charge in [-0.3, -0.25) is 9.59 Å². The molecule has 0 heterocycles. The molecule has 0 spiro atoms. The zero-order valence-electron chi connectivity index (χ0n) is 10.3. The topological polar surface area (TPSA) is 46.2 Å². The highest BCUT2D eigenvalue weighted by Gasteiger charge is 2.12. The molecule has 0 saturated heterocycles. The Balaban J connectivity index is 2.31. The van der Waals surface area contributed by atoms with Crippen LogP contribution in [0, 0.1) is 5.82 Å². The molecular weight excluding hydrogens is 245 g/mol. The average Bonchev–Trinajstić information content (AvgIpc) is 2.39. The number of Topliss-reactive ketones (excluding diaryl/α,β-unsaturated/α-hetero) is 1. The number of halogens is 1. The van der Waals surface area contributed by atoms with Gasteiger partial charge < -0.3 is 5.32 Å². The van der Waals surface area contributed by atoms with Crippen molar-refractivity contribution in [3.8, 4) is 0 Å². The maximum absolute atomic E-state index is 13.2. The normalized spacial score (nSPS) is 10.0. The van der Waals surface area contributed by atoms with E-state index in [1.165, 1.54) is 19.1 Å². The monoisotopic (exact) mass is 257 g/mol. The smallest absolute Gasteiger partial charge is 0.255 e. The van der Waals surface area contributed by atoms with Gasteiger partial charge in [0.05, 0.1) is 5.69 Å². The summed E-state index contributed by atoms with van der Waals surface area (Å²) in [5, 5.41) is 2.55. The lowest BCUT2D eigenvalue weighted by Crippen LogP contribution is -2.14. The lowest BCUT2D eigenvalue weighted by Gasteiger charge is -2.09. The number of hydrogen-bond donors (Lipinski definition) is 1. The Morgan fingerprint density at radius 1 is 1.05 bits per heavy atom. The van der Waals surface area contributed by atoms with Gasteiger partial charge in [0.25, 0.3) is 5.91 Å². The molecule has 0 aliphatic rings. The zero-order valence-corrected chi connectivity index (χ0v) is 10.3. The fraction of sp³-hybridized carbons (Fsp3) is 0.0667. The second kappa shape index (κ2) is 5.44. The minimum atomic E-state index is -0.506. The van der Waals surface area contributed by atoms with Gasteiger partial charge in [0.15, 0.2) is 5.78 Å². The Kier molecular flexibility index (Phi) is 3.71. The zero-order chi connectivity index (χ0) is 13.8. The molecule has 4 heteroatoms. The van der Waals surface area contributed by atoms with Crippen molar-refractivity contribution in [2.24, 2.45) is 0 Å². The van der Waals surface area contributed by atoms with E-state index in [0.29, 0.717) is 5.56 Å². The molecule has 0 radical (unpaired) electrons. The Bertz CT molecular complexity index is 623. The first kappa shape index (κ1) is 13.0.